The maximum absolute atomic E-state index is 11.8. The Labute approximate surface area is 109 Å². The van der Waals surface area contributed by atoms with Crippen molar-refractivity contribution in [3.8, 4) is 6.07 Å². The highest BCUT2D eigenvalue weighted by Crippen LogP contribution is 2.07. The number of nitrogens with one attached hydrogen (secondary N) is 1. The highest BCUT2D eigenvalue weighted by molar-refractivity contribution is 7.88. The van der Waals surface area contributed by atoms with E-state index in [-0.39, 0.29) is 5.75 Å². The van der Waals surface area contributed by atoms with Crippen molar-refractivity contribution >= 4 is 10.0 Å². The summed E-state index contributed by atoms with van der Waals surface area (Å²) in [6.45, 7) is 4.57. The molecule has 0 heterocycles. The predicted molar refractivity (Wildman–Crippen MR) is 71.2 cm³/mol. The van der Waals surface area contributed by atoms with E-state index in [9.17, 15) is 8.42 Å². The second-order valence-electron chi connectivity index (χ2n) is 4.64. The molecule has 1 aromatic carbocycles. The average Bonchev–Trinajstić information content (AvgIpc) is 2.28. The minimum atomic E-state index is -3.28. The Hall–Kier alpha value is -1.38. The number of rotatable bonds is 6. The SMILES string of the molecule is CC(C)CCNS(=O)(=O)Cc1ccc(C#N)cc1. The van der Waals surface area contributed by atoms with E-state index in [0.29, 0.717) is 23.6 Å². The van der Waals surface area contributed by atoms with Crippen LogP contribution in [0.15, 0.2) is 24.3 Å². The van der Waals surface area contributed by atoms with Crippen molar-refractivity contribution in [2.75, 3.05) is 6.54 Å². The lowest BCUT2D eigenvalue weighted by molar-refractivity contribution is 0.551. The quantitative estimate of drug-likeness (QED) is 0.856. The Morgan fingerprint density at radius 3 is 2.39 bits per heavy atom. The smallest absolute Gasteiger partial charge is 0.215 e. The zero-order valence-corrected chi connectivity index (χ0v) is 11.5. The molecule has 0 fully saturated rings. The third-order valence-corrected chi connectivity index (χ3v) is 3.84. The molecule has 0 atom stereocenters. The van der Waals surface area contributed by atoms with E-state index >= 15 is 0 Å². The topological polar surface area (TPSA) is 70.0 Å². The van der Waals surface area contributed by atoms with Crippen molar-refractivity contribution < 1.29 is 8.42 Å². The monoisotopic (exact) mass is 266 g/mol. The molecule has 0 aromatic heterocycles. The molecular weight excluding hydrogens is 248 g/mol. The van der Waals surface area contributed by atoms with Crippen LogP contribution in [-0.2, 0) is 15.8 Å². The van der Waals surface area contributed by atoms with Crippen molar-refractivity contribution in [3.63, 3.8) is 0 Å². The fraction of sp³-hybridized carbons (Fsp3) is 0.462. The van der Waals surface area contributed by atoms with E-state index in [1.54, 1.807) is 24.3 Å². The highest BCUT2D eigenvalue weighted by atomic mass is 32.2. The lowest BCUT2D eigenvalue weighted by atomic mass is 10.1. The van der Waals surface area contributed by atoms with E-state index in [1.165, 1.54) is 0 Å². The van der Waals surface area contributed by atoms with Gasteiger partial charge in [-0.05, 0) is 30.0 Å². The molecule has 1 aromatic rings. The molecule has 0 aliphatic carbocycles. The number of benzene rings is 1. The predicted octanol–water partition coefficient (Wildman–Crippen LogP) is 2.02. The Balaban J connectivity index is 2.57. The van der Waals surface area contributed by atoms with Gasteiger partial charge >= 0.3 is 0 Å². The Morgan fingerprint density at radius 2 is 1.89 bits per heavy atom. The number of sulfonamides is 1. The molecule has 5 heteroatoms. The van der Waals surface area contributed by atoms with Gasteiger partial charge in [-0.2, -0.15) is 5.26 Å². The maximum Gasteiger partial charge on any atom is 0.215 e. The molecule has 0 amide bonds. The van der Waals surface area contributed by atoms with Gasteiger partial charge < -0.3 is 0 Å². The molecule has 0 radical (unpaired) electrons. The summed E-state index contributed by atoms with van der Waals surface area (Å²) in [4.78, 5) is 0. The Kier molecular flexibility index (Phi) is 5.32. The van der Waals surface area contributed by atoms with Crippen LogP contribution < -0.4 is 4.72 Å². The normalized spacial score (nSPS) is 11.4. The summed E-state index contributed by atoms with van der Waals surface area (Å²) in [5.41, 5.74) is 1.22. The molecule has 1 rings (SSSR count). The fourth-order valence-electron chi connectivity index (χ4n) is 1.45. The molecule has 0 unspecified atom stereocenters. The first-order valence-corrected chi connectivity index (χ1v) is 7.54. The molecular formula is C13H18N2O2S. The molecule has 1 N–H and O–H groups in total. The van der Waals surface area contributed by atoms with Crippen molar-refractivity contribution in [2.45, 2.75) is 26.0 Å². The van der Waals surface area contributed by atoms with Crippen LogP contribution in [0.5, 0.6) is 0 Å². The lowest BCUT2D eigenvalue weighted by Crippen LogP contribution is -2.26. The van der Waals surface area contributed by atoms with Crippen LogP contribution in [-0.4, -0.2) is 15.0 Å². The van der Waals surface area contributed by atoms with Crippen molar-refractivity contribution in [2.24, 2.45) is 5.92 Å². The maximum atomic E-state index is 11.8. The van der Waals surface area contributed by atoms with Gasteiger partial charge in [0.2, 0.25) is 10.0 Å². The zero-order chi connectivity index (χ0) is 13.6. The third kappa shape index (κ3) is 5.30. The minimum absolute atomic E-state index is 0.0448. The lowest BCUT2D eigenvalue weighted by Gasteiger charge is -2.08. The zero-order valence-electron chi connectivity index (χ0n) is 10.7. The van der Waals surface area contributed by atoms with Crippen LogP contribution in [0.2, 0.25) is 0 Å². The van der Waals surface area contributed by atoms with Crippen LogP contribution in [0, 0.1) is 17.2 Å². The fourth-order valence-corrected chi connectivity index (χ4v) is 2.61. The average molecular weight is 266 g/mol. The highest BCUT2D eigenvalue weighted by Gasteiger charge is 2.11. The van der Waals surface area contributed by atoms with Crippen molar-refractivity contribution in [3.05, 3.63) is 35.4 Å². The summed E-state index contributed by atoms with van der Waals surface area (Å²) in [5.74, 6) is 0.430. The Morgan fingerprint density at radius 1 is 1.28 bits per heavy atom. The first kappa shape index (κ1) is 14.7. The standard InChI is InChI=1S/C13H18N2O2S/c1-11(2)7-8-15-18(16,17)10-13-5-3-12(9-14)4-6-13/h3-6,11,15H,7-8,10H2,1-2H3. The van der Waals surface area contributed by atoms with E-state index in [4.69, 9.17) is 5.26 Å². The first-order chi connectivity index (χ1) is 8.43. The van der Waals surface area contributed by atoms with E-state index < -0.39 is 10.0 Å². The third-order valence-electron chi connectivity index (χ3n) is 2.48. The van der Waals surface area contributed by atoms with E-state index in [0.717, 1.165) is 6.42 Å². The van der Waals surface area contributed by atoms with E-state index in [1.807, 2.05) is 6.07 Å². The van der Waals surface area contributed by atoms with Crippen molar-refractivity contribution in [1.29, 1.82) is 5.26 Å². The second kappa shape index (κ2) is 6.53. The Bertz CT molecular complexity index is 513. The first-order valence-electron chi connectivity index (χ1n) is 5.89. The summed E-state index contributed by atoms with van der Waals surface area (Å²) in [6.07, 6.45) is 0.826. The molecule has 0 bridgehead atoms. The molecule has 4 nitrogen and oxygen atoms in total. The van der Waals surface area contributed by atoms with Gasteiger partial charge in [-0.15, -0.1) is 0 Å². The largest absolute Gasteiger partial charge is 0.215 e. The number of nitrogens with zero attached hydrogens (tertiary/aromatic N) is 1. The molecule has 0 saturated heterocycles. The summed E-state index contributed by atoms with van der Waals surface area (Å²) >= 11 is 0. The number of hydrogen-bond donors (Lipinski definition) is 1. The van der Waals surface area contributed by atoms with E-state index in [2.05, 4.69) is 18.6 Å². The van der Waals surface area contributed by atoms with Gasteiger partial charge in [-0.25, -0.2) is 13.1 Å². The van der Waals surface area contributed by atoms with Crippen LogP contribution in [0.4, 0.5) is 0 Å². The summed E-state index contributed by atoms with van der Waals surface area (Å²) in [5, 5.41) is 8.65. The second-order valence-corrected chi connectivity index (χ2v) is 6.45. The van der Waals surface area contributed by atoms with Gasteiger partial charge in [-0.3, -0.25) is 0 Å². The minimum Gasteiger partial charge on any atom is -0.215 e. The molecule has 0 spiro atoms. The summed E-state index contributed by atoms with van der Waals surface area (Å²) < 4.78 is 26.1. The molecule has 18 heavy (non-hydrogen) atoms. The van der Waals surface area contributed by atoms with Crippen LogP contribution in [0.25, 0.3) is 0 Å². The van der Waals surface area contributed by atoms with Crippen LogP contribution >= 0.6 is 0 Å². The van der Waals surface area contributed by atoms with Gasteiger partial charge in [-0.1, -0.05) is 26.0 Å². The number of nitriles is 1. The van der Waals surface area contributed by atoms with Crippen molar-refractivity contribution in [1.82, 2.24) is 4.72 Å². The molecule has 0 aliphatic rings. The number of hydrogen-bond acceptors (Lipinski definition) is 3. The van der Waals surface area contributed by atoms with Crippen LogP contribution in [0.3, 0.4) is 0 Å². The van der Waals surface area contributed by atoms with Gasteiger partial charge in [0, 0.05) is 6.54 Å². The van der Waals surface area contributed by atoms with Gasteiger partial charge in [0.05, 0.1) is 17.4 Å². The molecule has 0 aliphatic heterocycles. The molecule has 98 valence electrons. The van der Waals surface area contributed by atoms with Gasteiger partial charge in [0.15, 0.2) is 0 Å². The molecule has 0 saturated carbocycles. The van der Waals surface area contributed by atoms with Crippen LogP contribution in [0.1, 0.15) is 31.4 Å². The van der Waals surface area contributed by atoms with Gasteiger partial charge in [0.1, 0.15) is 0 Å². The summed E-state index contributed by atoms with van der Waals surface area (Å²) in [7, 11) is -3.28. The van der Waals surface area contributed by atoms with Gasteiger partial charge in [0.25, 0.3) is 0 Å². The summed E-state index contributed by atoms with van der Waals surface area (Å²) in [6, 6.07) is 8.58.